The van der Waals surface area contributed by atoms with Crippen LogP contribution in [0.2, 0.25) is 0 Å². The van der Waals surface area contributed by atoms with Crippen molar-refractivity contribution in [1.82, 2.24) is 0 Å². The number of hydrogen-bond acceptors (Lipinski definition) is 5. The number of hydrogen-bond donors (Lipinski definition) is 0. The van der Waals surface area contributed by atoms with E-state index in [1.54, 1.807) is 6.07 Å². The first kappa shape index (κ1) is 29.0. The summed E-state index contributed by atoms with van der Waals surface area (Å²) in [6, 6.07) is 41.8. The van der Waals surface area contributed by atoms with Gasteiger partial charge in [-0.1, -0.05) is 137 Å². The lowest BCUT2D eigenvalue weighted by Gasteiger charge is -2.39. The van der Waals surface area contributed by atoms with Gasteiger partial charge >= 0.3 is 0 Å². The van der Waals surface area contributed by atoms with Gasteiger partial charge in [-0.15, -0.1) is 0 Å². The third-order valence-electron chi connectivity index (χ3n) is 9.95. The van der Waals surface area contributed by atoms with E-state index >= 15 is 14.4 Å². The zero-order chi connectivity index (χ0) is 32.5. The summed E-state index contributed by atoms with van der Waals surface area (Å²) in [4.78, 5) is 58.6. The van der Waals surface area contributed by atoms with Crippen LogP contribution in [0.25, 0.3) is 11.1 Å². The molecule has 1 heterocycles. The molecule has 4 atom stereocenters. The van der Waals surface area contributed by atoms with Crippen LogP contribution in [0.4, 0.5) is 11.4 Å². The number of rotatable bonds is 6. The number of ketones is 1. The Labute approximate surface area is 278 Å². The summed E-state index contributed by atoms with van der Waals surface area (Å²) >= 11 is 3.29. The summed E-state index contributed by atoms with van der Waals surface area (Å²) in [5.41, 5.74) is 0.357. The molecule has 0 radical (unpaired) electrons. The summed E-state index contributed by atoms with van der Waals surface area (Å²) in [6.07, 6.45) is 0. The van der Waals surface area contributed by atoms with E-state index in [1.165, 1.54) is 12.1 Å². The maximum absolute atomic E-state index is 15.9. The fraction of sp³-hybridized carbons (Fsp3) is 0.103. The van der Waals surface area contributed by atoms with Gasteiger partial charge in [-0.25, -0.2) is 4.90 Å². The van der Waals surface area contributed by atoms with Crippen LogP contribution in [0.1, 0.15) is 22.3 Å². The summed E-state index contributed by atoms with van der Waals surface area (Å²) in [7, 11) is 0. The first-order chi connectivity index (χ1) is 22.8. The molecule has 228 valence electrons. The molecule has 47 heavy (non-hydrogen) atoms. The van der Waals surface area contributed by atoms with Gasteiger partial charge in [0.15, 0.2) is 5.78 Å². The van der Waals surface area contributed by atoms with Gasteiger partial charge in [-0.2, -0.15) is 0 Å². The lowest BCUT2D eigenvalue weighted by atomic mass is 9.59. The van der Waals surface area contributed by atoms with Gasteiger partial charge in [-0.05, 0) is 45.5 Å². The zero-order valence-electron chi connectivity index (χ0n) is 24.7. The topological polar surface area (TPSA) is 97.6 Å². The molecular weight excluding hydrogens is 656 g/mol. The van der Waals surface area contributed by atoms with Crippen LogP contribution in [-0.2, 0) is 25.2 Å². The minimum absolute atomic E-state index is 0.122. The van der Waals surface area contributed by atoms with Crippen molar-refractivity contribution < 1.29 is 19.3 Å². The van der Waals surface area contributed by atoms with Crippen molar-refractivity contribution >= 4 is 56.0 Å². The van der Waals surface area contributed by atoms with Crippen LogP contribution in [-0.4, -0.2) is 22.5 Å². The van der Waals surface area contributed by atoms with Gasteiger partial charge in [0.25, 0.3) is 5.69 Å². The maximum Gasteiger partial charge on any atom is 0.294 e. The Hall–Kier alpha value is -5.47. The van der Waals surface area contributed by atoms with E-state index in [0.717, 1.165) is 16.0 Å². The molecular formula is C39H25BrN2O5. The van der Waals surface area contributed by atoms with Gasteiger partial charge < -0.3 is 0 Å². The fourth-order valence-corrected chi connectivity index (χ4v) is 8.75. The lowest BCUT2D eigenvalue weighted by molar-refractivity contribution is -0.384. The molecule has 1 aliphatic heterocycles. The molecule has 0 spiro atoms. The van der Waals surface area contributed by atoms with E-state index < -0.39 is 39.4 Å². The predicted molar refractivity (Wildman–Crippen MR) is 181 cm³/mol. The van der Waals surface area contributed by atoms with Gasteiger partial charge in [0.2, 0.25) is 11.8 Å². The molecule has 0 N–H and O–H groups in total. The third kappa shape index (κ3) is 3.70. The van der Waals surface area contributed by atoms with Crippen LogP contribution >= 0.6 is 15.9 Å². The second kappa shape index (κ2) is 10.5. The number of amides is 2. The Morgan fingerprint density at radius 3 is 1.40 bits per heavy atom. The quantitative estimate of drug-likeness (QED) is 0.105. The van der Waals surface area contributed by atoms with E-state index in [2.05, 4.69) is 15.9 Å². The number of Topliss-reactive ketones (excluding diaryl/α,β-unsaturated/α-hetero) is 1. The van der Waals surface area contributed by atoms with Crippen LogP contribution < -0.4 is 4.90 Å². The number of nitrogens with zero attached hydrogens (tertiary/aromatic N) is 2. The van der Waals surface area contributed by atoms with E-state index in [1.807, 2.05) is 121 Å². The minimum Gasteiger partial charge on any atom is -0.297 e. The van der Waals surface area contributed by atoms with Crippen molar-refractivity contribution in [2.45, 2.75) is 10.8 Å². The number of nitro benzene ring substituents is 1. The molecule has 2 fully saturated rings. The molecule has 7 nitrogen and oxygen atoms in total. The van der Waals surface area contributed by atoms with Crippen molar-refractivity contribution in [2.24, 2.45) is 11.8 Å². The number of carbonyl (C=O) groups excluding carboxylic acids is 3. The number of imide groups is 1. The van der Waals surface area contributed by atoms with Gasteiger partial charge in [0, 0.05) is 10.5 Å². The van der Waals surface area contributed by atoms with Crippen molar-refractivity contribution in [1.29, 1.82) is 0 Å². The van der Waals surface area contributed by atoms with E-state index in [4.69, 9.17) is 0 Å². The number of halogens is 1. The number of fused-ring (bicyclic) bond motifs is 5. The highest BCUT2D eigenvalue weighted by Gasteiger charge is 2.83. The SMILES string of the molecule is O=C1[C@H]2[C@H](C(=O)N1c1ccc(Br)cc1[N+](=O)[O-])[C@]1(c3ccccc3)C(=O)[C@@]2(c2ccccc2)C(c2ccccc2)=C1c1ccccc1. The summed E-state index contributed by atoms with van der Waals surface area (Å²) in [5, 5.41) is 12.3. The van der Waals surface area contributed by atoms with Gasteiger partial charge in [0.05, 0.1) is 27.6 Å². The molecule has 3 aliphatic rings. The van der Waals surface area contributed by atoms with Crippen molar-refractivity contribution in [3.63, 3.8) is 0 Å². The molecule has 2 amide bonds. The second-order valence-electron chi connectivity index (χ2n) is 12.0. The van der Waals surface area contributed by atoms with Crippen LogP contribution in [0.15, 0.2) is 144 Å². The summed E-state index contributed by atoms with van der Waals surface area (Å²) in [6.45, 7) is 0. The number of anilines is 1. The number of carbonyl (C=O) groups is 3. The van der Waals surface area contributed by atoms with E-state index in [0.29, 0.717) is 26.7 Å². The molecule has 5 aromatic rings. The van der Waals surface area contributed by atoms with Gasteiger partial charge in [-0.3, -0.25) is 24.5 Å². The predicted octanol–water partition coefficient (Wildman–Crippen LogP) is 7.55. The molecule has 8 heteroatoms. The first-order valence-electron chi connectivity index (χ1n) is 15.2. The number of allylic oxidation sites excluding steroid dienone is 2. The molecule has 0 aromatic heterocycles. The van der Waals surface area contributed by atoms with E-state index in [9.17, 15) is 10.1 Å². The first-order valence-corrected chi connectivity index (χ1v) is 16.0. The van der Waals surface area contributed by atoms with Crippen molar-refractivity contribution in [3.8, 4) is 0 Å². The molecule has 8 rings (SSSR count). The summed E-state index contributed by atoms with van der Waals surface area (Å²) < 4.78 is 0.434. The highest BCUT2D eigenvalue weighted by atomic mass is 79.9. The van der Waals surface area contributed by atoms with Crippen molar-refractivity contribution in [2.75, 3.05) is 4.90 Å². The largest absolute Gasteiger partial charge is 0.297 e. The summed E-state index contributed by atoms with van der Waals surface area (Å²) in [5.74, 6) is -3.87. The Morgan fingerprint density at radius 1 is 0.596 bits per heavy atom. The molecule has 5 aromatic carbocycles. The minimum atomic E-state index is -1.58. The van der Waals surface area contributed by atoms with Gasteiger partial charge in [0.1, 0.15) is 5.69 Å². The second-order valence-corrected chi connectivity index (χ2v) is 12.9. The number of benzene rings is 5. The number of nitro groups is 1. The van der Waals surface area contributed by atoms with Crippen LogP contribution in [0.5, 0.6) is 0 Å². The van der Waals surface area contributed by atoms with Crippen LogP contribution in [0, 0.1) is 22.0 Å². The Balaban J connectivity index is 1.55. The standard InChI is InChI=1S/C39H25BrN2O5/c40-28-21-22-29(30(23-28)42(46)47)41-35(43)33-34(36(41)44)39(27-19-11-4-12-20-27)32(25-15-7-2-8-16-25)31(24-13-5-1-6-14-24)38(33,37(39)45)26-17-9-3-10-18-26/h1-23,33-34H/t33-,34-,38-,39+/m1/s1. The monoisotopic (exact) mass is 680 g/mol. The zero-order valence-corrected chi connectivity index (χ0v) is 26.3. The highest BCUT2D eigenvalue weighted by Crippen LogP contribution is 2.74. The third-order valence-corrected chi connectivity index (χ3v) is 10.4. The molecule has 2 bridgehead atoms. The molecule has 1 saturated heterocycles. The molecule has 1 saturated carbocycles. The molecule has 2 aliphatic carbocycles. The molecule has 0 unspecified atom stereocenters. The van der Waals surface area contributed by atoms with E-state index in [-0.39, 0.29) is 17.2 Å². The fourth-order valence-electron chi connectivity index (χ4n) is 8.40. The maximum atomic E-state index is 15.9. The van der Waals surface area contributed by atoms with Crippen LogP contribution in [0.3, 0.4) is 0 Å². The Kier molecular flexibility index (Phi) is 6.49. The Morgan fingerprint density at radius 2 is 1.00 bits per heavy atom. The smallest absolute Gasteiger partial charge is 0.294 e. The average Bonchev–Trinajstić information content (AvgIpc) is 3.62. The average molecular weight is 682 g/mol. The van der Waals surface area contributed by atoms with Crippen molar-refractivity contribution in [3.05, 3.63) is 176 Å². The lowest BCUT2D eigenvalue weighted by Crippen LogP contribution is -2.45. The normalized spacial score (nSPS) is 24.6. The Bertz CT molecular complexity index is 2030. The highest BCUT2D eigenvalue weighted by molar-refractivity contribution is 9.10.